The average molecular weight is 234 g/mol. The van der Waals surface area contributed by atoms with Gasteiger partial charge >= 0.3 is 5.69 Å². The minimum atomic E-state index is -0.706. The Kier molecular flexibility index (Phi) is 2.95. The average Bonchev–Trinajstić information content (AvgIpc) is 2.72. The number of hydrogen-bond donors (Lipinski definition) is 2. The molecule has 0 saturated heterocycles. The van der Waals surface area contributed by atoms with Crippen LogP contribution in [0, 0.1) is 12.3 Å². The van der Waals surface area contributed by atoms with E-state index in [2.05, 4.69) is 10.9 Å². The van der Waals surface area contributed by atoms with Crippen LogP contribution in [0.4, 0.5) is 0 Å². The molecule has 0 unspecified atom stereocenters. The summed E-state index contributed by atoms with van der Waals surface area (Å²) in [6.45, 7) is -0.259. The molecular formula is C11H10N2O4. The van der Waals surface area contributed by atoms with E-state index < -0.39 is 23.6 Å². The molecule has 6 nitrogen and oxygen atoms in total. The number of nitrogens with zero attached hydrogens (tertiary/aromatic N) is 1. The molecule has 2 atom stereocenters. The monoisotopic (exact) mass is 234 g/mol. The minimum Gasteiger partial charge on any atom is -0.393 e. The maximum absolute atomic E-state index is 11.5. The highest BCUT2D eigenvalue weighted by Crippen LogP contribution is 2.24. The predicted octanol–water partition coefficient (Wildman–Crippen LogP) is -1.01. The van der Waals surface area contributed by atoms with Gasteiger partial charge in [0.05, 0.1) is 6.61 Å². The SMILES string of the molecule is C#CC1=C[C@@H](n2ccc(=O)[nH]c2=O)O[C@H]1CO. The number of hydrogen-bond acceptors (Lipinski definition) is 4. The summed E-state index contributed by atoms with van der Waals surface area (Å²) in [6.07, 6.45) is 6.81. The number of rotatable bonds is 2. The molecule has 0 saturated carbocycles. The molecule has 0 spiro atoms. The molecule has 1 aromatic rings. The van der Waals surface area contributed by atoms with Crippen molar-refractivity contribution in [3.8, 4) is 12.3 Å². The van der Waals surface area contributed by atoms with Gasteiger partial charge in [0.1, 0.15) is 6.10 Å². The first-order valence-electron chi connectivity index (χ1n) is 4.92. The number of ether oxygens (including phenoxy) is 1. The molecule has 0 aromatic carbocycles. The Hall–Kier alpha value is -2.10. The molecule has 6 heteroatoms. The molecular weight excluding hydrogens is 224 g/mol. The Morgan fingerprint density at radius 1 is 1.59 bits per heavy atom. The van der Waals surface area contributed by atoms with Gasteiger partial charge in [-0.1, -0.05) is 5.92 Å². The fraction of sp³-hybridized carbons (Fsp3) is 0.273. The van der Waals surface area contributed by atoms with Gasteiger partial charge in [-0.25, -0.2) is 4.79 Å². The van der Waals surface area contributed by atoms with Gasteiger partial charge in [-0.15, -0.1) is 6.42 Å². The van der Waals surface area contributed by atoms with E-state index in [-0.39, 0.29) is 6.61 Å². The highest BCUT2D eigenvalue weighted by Gasteiger charge is 2.27. The molecule has 0 radical (unpaired) electrons. The van der Waals surface area contributed by atoms with Crippen molar-refractivity contribution in [2.75, 3.05) is 6.61 Å². The third kappa shape index (κ3) is 2.06. The van der Waals surface area contributed by atoms with E-state index in [1.54, 1.807) is 6.08 Å². The topological polar surface area (TPSA) is 84.3 Å². The maximum atomic E-state index is 11.5. The standard InChI is InChI=1S/C11H10N2O4/c1-2-7-5-10(17-8(7)6-14)13-4-3-9(15)12-11(13)16/h1,3-5,8,10,14H,6H2,(H,12,15,16)/t8-,10-/m0/s1. The lowest BCUT2D eigenvalue weighted by molar-refractivity contribution is -0.0125. The first-order chi connectivity index (χ1) is 8.15. The fourth-order valence-electron chi connectivity index (χ4n) is 1.60. The van der Waals surface area contributed by atoms with Crippen molar-refractivity contribution in [3.05, 3.63) is 44.8 Å². The molecule has 1 aromatic heterocycles. The van der Waals surface area contributed by atoms with Crippen molar-refractivity contribution in [2.45, 2.75) is 12.3 Å². The number of aliphatic hydroxyl groups excluding tert-OH is 1. The second-order valence-corrected chi connectivity index (χ2v) is 3.48. The molecule has 0 amide bonds. The molecule has 88 valence electrons. The summed E-state index contributed by atoms with van der Waals surface area (Å²) in [4.78, 5) is 24.5. The first kappa shape index (κ1) is 11.4. The molecule has 17 heavy (non-hydrogen) atoms. The van der Waals surface area contributed by atoms with Gasteiger partial charge in [0.15, 0.2) is 6.23 Å². The van der Waals surface area contributed by atoms with Gasteiger partial charge in [-0.3, -0.25) is 14.3 Å². The summed E-state index contributed by atoms with van der Waals surface area (Å²) in [5.41, 5.74) is -0.589. The third-order valence-corrected chi connectivity index (χ3v) is 2.43. The molecule has 0 aliphatic carbocycles. The van der Waals surface area contributed by atoms with E-state index in [4.69, 9.17) is 16.3 Å². The van der Waals surface area contributed by atoms with E-state index >= 15 is 0 Å². The van der Waals surface area contributed by atoms with E-state index in [1.807, 2.05) is 0 Å². The van der Waals surface area contributed by atoms with Crippen LogP contribution in [0.25, 0.3) is 0 Å². The van der Waals surface area contributed by atoms with E-state index in [9.17, 15) is 9.59 Å². The van der Waals surface area contributed by atoms with Crippen LogP contribution in [-0.2, 0) is 4.74 Å². The zero-order valence-corrected chi connectivity index (χ0v) is 8.79. The van der Waals surface area contributed by atoms with Crippen LogP contribution >= 0.6 is 0 Å². The van der Waals surface area contributed by atoms with E-state index in [0.29, 0.717) is 5.57 Å². The van der Waals surface area contributed by atoms with Crippen molar-refractivity contribution < 1.29 is 9.84 Å². The van der Waals surface area contributed by atoms with Crippen LogP contribution in [0.5, 0.6) is 0 Å². The summed E-state index contributed by atoms with van der Waals surface area (Å²) < 4.78 is 6.57. The van der Waals surface area contributed by atoms with Crippen molar-refractivity contribution in [1.82, 2.24) is 9.55 Å². The first-order valence-corrected chi connectivity index (χ1v) is 4.92. The van der Waals surface area contributed by atoms with Crippen molar-refractivity contribution in [2.24, 2.45) is 0 Å². The molecule has 2 rings (SSSR count). The summed E-state index contributed by atoms with van der Waals surface area (Å²) in [7, 11) is 0. The van der Waals surface area contributed by atoms with Crippen molar-refractivity contribution in [3.63, 3.8) is 0 Å². The van der Waals surface area contributed by atoms with E-state index in [0.717, 1.165) is 0 Å². The molecule has 2 heterocycles. The van der Waals surface area contributed by atoms with Gasteiger partial charge in [0, 0.05) is 17.8 Å². The molecule has 1 aliphatic rings. The highest BCUT2D eigenvalue weighted by molar-refractivity contribution is 5.33. The van der Waals surface area contributed by atoms with Crippen LogP contribution in [0.1, 0.15) is 6.23 Å². The number of terminal acetylenes is 1. The summed E-state index contributed by atoms with van der Waals surface area (Å²) in [6, 6.07) is 1.21. The minimum absolute atomic E-state index is 0.259. The summed E-state index contributed by atoms with van der Waals surface area (Å²) in [5, 5.41) is 9.04. The Morgan fingerprint density at radius 2 is 2.35 bits per heavy atom. The zero-order valence-electron chi connectivity index (χ0n) is 8.79. The zero-order chi connectivity index (χ0) is 12.4. The smallest absolute Gasteiger partial charge is 0.330 e. The van der Waals surface area contributed by atoms with E-state index in [1.165, 1.54) is 16.8 Å². The van der Waals surface area contributed by atoms with Gasteiger partial charge in [0.2, 0.25) is 0 Å². The summed E-state index contributed by atoms with van der Waals surface area (Å²) in [5.74, 6) is 2.38. The second-order valence-electron chi connectivity index (χ2n) is 3.48. The lowest BCUT2D eigenvalue weighted by atomic mass is 10.2. The Morgan fingerprint density at radius 3 is 2.88 bits per heavy atom. The Bertz CT molecular complexity index is 605. The Balaban J connectivity index is 2.38. The quantitative estimate of drug-likeness (QED) is 0.642. The fourth-order valence-corrected chi connectivity index (χ4v) is 1.60. The second kappa shape index (κ2) is 4.41. The van der Waals surface area contributed by atoms with Gasteiger partial charge in [-0.05, 0) is 6.08 Å². The summed E-state index contributed by atoms with van der Waals surface area (Å²) >= 11 is 0. The third-order valence-electron chi connectivity index (χ3n) is 2.43. The largest absolute Gasteiger partial charge is 0.393 e. The number of aromatic nitrogens is 2. The lowest BCUT2D eigenvalue weighted by Crippen LogP contribution is -2.32. The predicted molar refractivity (Wildman–Crippen MR) is 59.2 cm³/mol. The van der Waals surface area contributed by atoms with Crippen molar-refractivity contribution in [1.29, 1.82) is 0 Å². The lowest BCUT2D eigenvalue weighted by Gasteiger charge is -2.14. The number of nitrogens with one attached hydrogen (secondary N) is 1. The molecule has 1 aliphatic heterocycles. The maximum Gasteiger partial charge on any atom is 0.330 e. The number of aliphatic hydroxyl groups is 1. The van der Waals surface area contributed by atoms with Crippen LogP contribution in [0.3, 0.4) is 0 Å². The van der Waals surface area contributed by atoms with Crippen LogP contribution < -0.4 is 11.2 Å². The molecule has 2 N–H and O–H groups in total. The number of H-pyrrole nitrogens is 1. The van der Waals surface area contributed by atoms with Crippen molar-refractivity contribution >= 4 is 0 Å². The van der Waals surface area contributed by atoms with Crippen LogP contribution in [0.2, 0.25) is 0 Å². The highest BCUT2D eigenvalue weighted by atomic mass is 16.5. The van der Waals surface area contributed by atoms with Gasteiger partial charge in [0.25, 0.3) is 5.56 Å². The van der Waals surface area contributed by atoms with Crippen LogP contribution in [0.15, 0.2) is 33.5 Å². The van der Waals surface area contributed by atoms with Gasteiger partial charge < -0.3 is 9.84 Å². The Labute approximate surface area is 96.2 Å². The molecule has 0 fully saturated rings. The normalized spacial score (nSPS) is 23.2. The molecule has 0 bridgehead atoms. The van der Waals surface area contributed by atoms with Crippen LogP contribution in [-0.4, -0.2) is 27.4 Å². The van der Waals surface area contributed by atoms with Gasteiger partial charge in [-0.2, -0.15) is 0 Å². The number of aromatic amines is 1.